The van der Waals surface area contributed by atoms with E-state index in [0.717, 1.165) is 41.6 Å². The number of aromatic nitrogens is 3. The van der Waals surface area contributed by atoms with Crippen LogP contribution >= 0.6 is 11.3 Å². The smallest absolute Gasteiger partial charge is 0.260 e. The normalized spacial score (nSPS) is 15.2. The summed E-state index contributed by atoms with van der Waals surface area (Å²) in [5, 5.41) is 4.65. The van der Waals surface area contributed by atoms with Gasteiger partial charge in [0.2, 0.25) is 10.0 Å². The molecule has 8 nitrogen and oxygen atoms in total. The number of aryl methyl sites for hydroxylation is 2. The van der Waals surface area contributed by atoms with E-state index in [9.17, 15) is 22.0 Å². The predicted molar refractivity (Wildman–Crippen MR) is 147 cm³/mol. The lowest BCUT2D eigenvalue weighted by Gasteiger charge is -2.29. The predicted octanol–water partition coefficient (Wildman–Crippen LogP) is 5.16. The minimum atomic E-state index is -3.67. The fraction of sp³-hybridized carbons (Fsp3) is 0.370. The van der Waals surface area contributed by atoms with Crippen LogP contribution < -0.4 is 4.90 Å². The largest absolute Gasteiger partial charge is 0.282 e. The van der Waals surface area contributed by atoms with Crippen molar-refractivity contribution in [2.75, 3.05) is 24.5 Å². The topological polar surface area (TPSA) is 88.4 Å². The van der Waals surface area contributed by atoms with Crippen LogP contribution in [0.1, 0.15) is 41.5 Å². The Morgan fingerprint density at radius 3 is 2.44 bits per heavy atom. The Bertz CT molecular complexity index is 1630. The number of carbonyl (C=O) groups excluding carboxylic acids is 1. The lowest BCUT2D eigenvalue weighted by molar-refractivity contribution is 0.0985. The maximum absolute atomic E-state index is 14.4. The Hall–Kier alpha value is -3.22. The highest BCUT2D eigenvalue weighted by molar-refractivity contribution is 7.89. The molecule has 0 radical (unpaired) electrons. The van der Waals surface area contributed by atoms with E-state index < -0.39 is 27.6 Å². The number of sulfonamides is 1. The van der Waals surface area contributed by atoms with Crippen molar-refractivity contribution in [1.29, 1.82) is 0 Å². The van der Waals surface area contributed by atoms with E-state index in [1.165, 1.54) is 39.5 Å². The minimum Gasteiger partial charge on any atom is -0.282 e. The molecule has 0 saturated carbocycles. The molecule has 1 amide bonds. The zero-order chi connectivity index (χ0) is 27.9. The number of halogens is 2. The molecule has 1 fully saturated rings. The van der Waals surface area contributed by atoms with Crippen LogP contribution in [0.15, 0.2) is 47.4 Å². The molecule has 3 heterocycles. The van der Waals surface area contributed by atoms with E-state index in [-0.39, 0.29) is 32.4 Å². The van der Waals surface area contributed by atoms with Crippen molar-refractivity contribution < 1.29 is 22.0 Å². The second-order valence-electron chi connectivity index (χ2n) is 9.95. The Morgan fingerprint density at radius 1 is 1.10 bits per heavy atom. The maximum Gasteiger partial charge on any atom is 0.260 e. The van der Waals surface area contributed by atoms with Crippen molar-refractivity contribution in [3.63, 3.8) is 0 Å². The number of rotatable bonds is 7. The van der Waals surface area contributed by atoms with Crippen LogP contribution in [0.5, 0.6) is 0 Å². The molecule has 1 aliphatic rings. The van der Waals surface area contributed by atoms with Crippen LogP contribution in [0.3, 0.4) is 0 Å². The Labute approximate surface area is 229 Å². The van der Waals surface area contributed by atoms with Gasteiger partial charge in [0.05, 0.1) is 21.8 Å². The lowest BCUT2D eigenvalue weighted by Crippen LogP contribution is -2.38. The number of piperidine rings is 1. The molecular weight excluding hydrogens is 544 g/mol. The van der Waals surface area contributed by atoms with E-state index in [1.807, 2.05) is 19.9 Å². The molecule has 0 bridgehead atoms. The number of thiazole rings is 1. The fourth-order valence-corrected chi connectivity index (χ4v) is 7.24. The maximum atomic E-state index is 14.4. The molecule has 0 atom stereocenters. The van der Waals surface area contributed by atoms with Gasteiger partial charge in [-0.25, -0.2) is 22.2 Å². The summed E-state index contributed by atoms with van der Waals surface area (Å²) in [7, 11) is -3.67. The number of hydrogen-bond donors (Lipinski definition) is 0. The minimum absolute atomic E-state index is 0.0161. The standard InChI is InChI=1S/C27H29F2N5O3S2/c1-17-8-10-32(11-9-17)39(36,37)22-6-4-20(5-7-22)26(35)33(12-13-34-19(3)14-18(2)31-34)27-30-25-23(29)15-21(28)16-24(25)38-27/h4-7,14-17H,8-13H2,1-3H3. The third-order valence-corrected chi connectivity index (χ3v) is 9.94. The first-order valence-electron chi connectivity index (χ1n) is 12.7. The van der Waals surface area contributed by atoms with Gasteiger partial charge in [-0.2, -0.15) is 9.40 Å². The van der Waals surface area contributed by atoms with Gasteiger partial charge in [0.1, 0.15) is 11.3 Å². The average molecular weight is 574 g/mol. The van der Waals surface area contributed by atoms with E-state index in [1.54, 1.807) is 4.68 Å². The van der Waals surface area contributed by atoms with Crippen LogP contribution in [-0.4, -0.2) is 53.0 Å². The molecule has 0 aliphatic carbocycles. The number of anilines is 1. The molecule has 4 aromatic rings. The molecule has 2 aromatic heterocycles. The van der Waals surface area contributed by atoms with Crippen molar-refractivity contribution in [3.8, 4) is 0 Å². The Morgan fingerprint density at radius 2 is 1.79 bits per heavy atom. The number of amides is 1. The first-order valence-corrected chi connectivity index (χ1v) is 15.0. The number of fused-ring (bicyclic) bond motifs is 1. The molecule has 12 heteroatoms. The summed E-state index contributed by atoms with van der Waals surface area (Å²) >= 11 is 1.01. The van der Waals surface area contributed by atoms with E-state index in [0.29, 0.717) is 25.6 Å². The van der Waals surface area contributed by atoms with Crippen molar-refractivity contribution in [2.24, 2.45) is 5.92 Å². The summed E-state index contributed by atoms with van der Waals surface area (Å²) in [5.74, 6) is -1.48. The highest BCUT2D eigenvalue weighted by Gasteiger charge is 2.29. The van der Waals surface area contributed by atoms with Gasteiger partial charge in [0, 0.05) is 37.0 Å². The highest BCUT2D eigenvalue weighted by Crippen LogP contribution is 2.32. The van der Waals surface area contributed by atoms with E-state index in [4.69, 9.17) is 0 Å². The third-order valence-electron chi connectivity index (χ3n) is 7.00. The average Bonchev–Trinajstić information content (AvgIpc) is 3.46. The zero-order valence-electron chi connectivity index (χ0n) is 21.9. The second-order valence-corrected chi connectivity index (χ2v) is 12.9. The summed E-state index contributed by atoms with van der Waals surface area (Å²) in [5.41, 5.74) is 1.99. The van der Waals surface area contributed by atoms with Gasteiger partial charge >= 0.3 is 0 Å². The number of nitrogens with zero attached hydrogens (tertiary/aromatic N) is 5. The number of benzene rings is 2. The molecule has 0 spiro atoms. The first-order chi connectivity index (χ1) is 18.5. The first kappa shape index (κ1) is 27.4. The van der Waals surface area contributed by atoms with E-state index in [2.05, 4.69) is 17.0 Å². The molecule has 0 unspecified atom stereocenters. The van der Waals surface area contributed by atoms with Gasteiger partial charge in [-0.05, 0) is 69.0 Å². The summed E-state index contributed by atoms with van der Waals surface area (Å²) in [6.45, 7) is 7.34. The third kappa shape index (κ3) is 5.59. The summed E-state index contributed by atoms with van der Waals surface area (Å²) < 4.78 is 58.0. The molecule has 206 valence electrons. The van der Waals surface area contributed by atoms with Crippen LogP contribution in [0.25, 0.3) is 10.2 Å². The fourth-order valence-electron chi connectivity index (χ4n) is 4.74. The SMILES string of the molecule is Cc1cc(C)n(CCN(C(=O)c2ccc(S(=O)(=O)N3CCC(C)CC3)cc2)c2nc3c(F)cc(F)cc3s2)n1. The van der Waals surface area contributed by atoms with Crippen LogP contribution in [-0.2, 0) is 16.6 Å². The molecule has 2 aromatic carbocycles. The quantitative estimate of drug-likeness (QED) is 0.305. The van der Waals surface area contributed by atoms with Gasteiger partial charge < -0.3 is 0 Å². The van der Waals surface area contributed by atoms with Gasteiger partial charge in [0.25, 0.3) is 5.91 Å². The van der Waals surface area contributed by atoms with Gasteiger partial charge in [-0.15, -0.1) is 0 Å². The Balaban J connectivity index is 1.45. The van der Waals surface area contributed by atoms with E-state index >= 15 is 0 Å². The van der Waals surface area contributed by atoms with Crippen molar-refractivity contribution in [1.82, 2.24) is 19.1 Å². The van der Waals surface area contributed by atoms with Gasteiger partial charge in [-0.1, -0.05) is 18.3 Å². The molecule has 1 aliphatic heterocycles. The van der Waals surface area contributed by atoms with Gasteiger partial charge in [-0.3, -0.25) is 14.4 Å². The molecule has 1 saturated heterocycles. The summed E-state index contributed by atoms with van der Waals surface area (Å²) in [6.07, 6.45) is 1.62. The monoisotopic (exact) mass is 573 g/mol. The molecule has 5 rings (SSSR count). The van der Waals surface area contributed by atoms with Crippen LogP contribution in [0, 0.1) is 31.4 Å². The van der Waals surface area contributed by atoms with Crippen molar-refractivity contribution in [3.05, 3.63) is 71.1 Å². The van der Waals surface area contributed by atoms with Crippen molar-refractivity contribution in [2.45, 2.75) is 45.1 Å². The molecule has 0 N–H and O–H groups in total. The lowest BCUT2D eigenvalue weighted by atomic mass is 10.0. The molecule has 39 heavy (non-hydrogen) atoms. The van der Waals surface area contributed by atoms with Crippen LogP contribution in [0.2, 0.25) is 0 Å². The number of carbonyl (C=O) groups is 1. The summed E-state index contributed by atoms with van der Waals surface area (Å²) in [6, 6.07) is 9.70. The highest BCUT2D eigenvalue weighted by atomic mass is 32.2. The van der Waals surface area contributed by atoms with Gasteiger partial charge in [0.15, 0.2) is 10.9 Å². The molecular formula is C27H29F2N5O3S2. The Kier molecular flexibility index (Phi) is 7.53. The summed E-state index contributed by atoms with van der Waals surface area (Å²) in [4.78, 5) is 19.6. The second kappa shape index (κ2) is 10.7. The van der Waals surface area contributed by atoms with Crippen LogP contribution in [0.4, 0.5) is 13.9 Å². The number of hydrogen-bond acceptors (Lipinski definition) is 6. The van der Waals surface area contributed by atoms with Crippen molar-refractivity contribution >= 4 is 42.6 Å². The zero-order valence-corrected chi connectivity index (χ0v) is 23.5.